The van der Waals surface area contributed by atoms with Gasteiger partial charge in [0.15, 0.2) is 0 Å². The Labute approximate surface area is 234 Å². The van der Waals surface area contributed by atoms with Gasteiger partial charge in [0.05, 0.1) is 11.6 Å². The zero-order chi connectivity index (χ0) is 28.4. The largest absolute Gasteiger partial charge is 0.416 e. The van der Waals surface area contributed by atoms with E-state index >= 15 is 0 Å². The van der Waals surface area contributed by atoms with Gasteiger partial charge in [-0.1, -0.05) is 18.2 Å². The van der Waals surface area contributed by atoms with Crippen molar-refractivity contribution >= 4 is 29.0 Å². The molecule has 2 aliphatic heterocycles. The van der Waals surface area contributed by atoms with Crippen LogP contribution < -0.4 is 5.32 Å². The van der Waals surface area contributed by atoms with Crippen LogP contribution in [-0.4, -0.2) is 65.4 Å². The minimum atomic E-state index is -4.50. The standard InChI is InChI=1S/C29H30F4N4O2S/c1-19-18-36(13-14-37(19)28(39)34-23-7-3-5-21(17-23)29(31,32)33)26(38)9-12-35-11-8-25-24(10-15-40-25)27(35)20-4-2-6-22(30)16-20/h2-7,10,15-17,19,27H,8-9,11-14,18H2,1H3,(H,34,39)/t19-,27-/m1/s1. The molecule has 1 saturated heterocycles. The number of thiophene rings is 1. The number of rotatable bonds is 5. The summed E-state index contributed by atoms with van der Waals surface area (Å²) in [6, 6.07) is 12.3. The van der Waals surface area contributed by atoms with Crippen LogP contribution in [0.3, 0.4) is 0 Å². The highest BCUT2D eigenvalue weighted by Gasteiger charge is 2.34. The normalized spacial score (nSPS) is 19.8. The molecule has 1 N–H and O–H groups in total. The topological polar surface area (TPSA) is 55.9 Å². The molecule has 2 aromatic carbocycles. The number of carbonyl (C=O) groups excluding carboxylic acids is 2. The molecule has 0 spiro atoms. The minimum absolute atomic E-state index is 0.0288. The molecule has 0 saturated carbocycles. The van der Waals surface area contributed by atoms with Gasteiger partial charge in [-0.2, -0.15) is 13.2 Å². The van der Waals surface area contributed by atoms with Gasteiger partial charge < -0.3 is 15.1 Å². The van der Waals surface area contributed by atoms with Crippen LogP contribution in [0.5, 0.6) is 0 Å². The minimum Gasteiger partial charge on any atom is -0.339 e. The lowest BCUT2D eigenvalue weighted by molar-refractivity contribution is -0.137. The third kappa shape index (κ3) is 6.15. The number of halogens is 4. The SMILES string of the molecule is C[C@@H]1CN(C(=O)CCN2CCc3sccc3[C@H]2c2cccc(F)c2)CCN1C(=O)Nc1cccc(C(F)(F)F)c1. The number of fused-ring (bicyclic) bond motifs is 1. The summed E-state index contributed by atoms with van der Waals surface area (Å²) >= 11 is 1.70. The first-order chi connectivity index (χ1) is 19.1. The molecule has 0 radical (unpaired) electrons. The van der Waals surface area contributed by atoms with Gasteiger partial charge in [0.1, 0.15) is 5.82 Å². The molecule has 1 aromatic heterocycles. The van der Waals surface area contributed by atoms with Gasteiger partial charge in [0, 0.05) is 55.8 Å². The number of piperazine rings is 1. The zero-order valence-corrected chi connectivity index (χ0v) is 22.8. The molecule has 2 aliphatic rings. The third-order valence-electron chi connectivity index (χ3n) is 7.53. The van der Waals surface area contributed by atoms with Crippen molar-refractivity contribution in [1.82, 2.24) is 14.7 Å². The van der Waals surface area contributed by atoms with Crippen molar-refractivity contribution in [3.8, 4) is 0 Å². The molecular weight excluding hydrogens is 544 g/mol. The second kappa shape index (κ2) is 11.6. The van der Waals surface area contributed by atoms with Gasteiger partial charge in [-0.25, -0.2) is 9.18 Å². The number of hydrogen-bond acceptors (Lipinski definition) is 4. The maximum absolute atomic E-state index is 14.1. The number of hydrogen-bond donors (Lipinski definition) is 1. The van der Waals surface area contributed by atoms with E-state index in [2.05, 4.69) is 21.7 Å². The smallest absolute Gasteiger partial charge is 0.339 e. The van der Waals surface area contributed by atoms with Crippen molar-refractivity contribution in [3.63, 3.8) is 0 Å². The van der Waals surface area contributed by atoms with Crippen molar-refractivity contribution in [2.75, 3.05) is 38.0 Å². The highest BCUT2D eigenvalue weighted by atomic mass is 32.1. The summed E-state index contributed by atoms with van der Waals surface area (Å²) in [6.45, 7) is 4.03. The van der Waals surface area contributed by atoms with Crippen LogP contribution in [0.1, 0.15) is 41.0 Å². The van der Waals surface area contributed by atoms with Crippen LogP contribution in [0, 0.1) is 5.82 Å². The van der Waals surface area contributed by atoms with Gasteiger partial charge in [-0.3, -0.25) is 9.69 Å². The Balaban J connectivity index is 1.18. The predicted molar refractivity (Wildman–Crippen MR) is 146 cm³/mol. The molecule has 6 nitrogen and oxygen atoms in total. The molecule has 3 heterocycles. The molecule has 3 aromatic rings. The maximum Gasteiger partial charge on any atom is 0.416 e. The number of nitrogens with one attached hydrogen (secondary N) is 1. The fourth-order valence-electron chi connectivity index (χ4n) is 5.53. The molecule has 0 unspecified atom stereocenters. The summed E-state index contributed by atoms with van der Waals surface area (Å²) in [5.41, 5.74) is 1.25. The molecule has 11 heteroatoms. The first-order valence-corrected chi connectivity index (χ1v) is 14.1. The first kappa shape index (κ1) is 28.1. The molecule has 0 aliphatic carbocycles. The maximum atomic E-state index is 14.1. The number of carbonyl (C=O) groups is 2. The van der Waals surface area contributed by atoms with E-state index in [9.17, 15) is 27.2 Å². The fourth-order valence-corrected chi connectivity index (χ4v) is 6.43. The van der Waals surface area contributed by atoms with E-state index in [0.29, 0.717) is 19.6 Å². The van der Waals surface area contributed by atoms with Crippen molar-refractivity contribution < 1.29 is 27.2 Å². The molecule has 1 fully saturated rings. The van der Waals surface area contributed by atoms with Gasteiger partial charge >= 0.3 is 12.2 Å². The van der Waals surface area contributed by atoms with E-state index in [4.69, 9.17) is 0 Å². The molecular formula is C29H30F4N4O2S. The number of nitrogens with zero attached hydrogens (tertiary/aromatic N) is 3. The van der Waals surface area contributed by atoms with E-state index in [-0.39, 0.29) is 42.5 Å². The Morgan fingerprint density at radius 1 is 1.05 bits per heavy atom. The number of amides is 3. The Kier molecular flexibility index (Phi) is 8.14. The number of benzene rings is 2. The summed E-state index contributed by atoms with van der Waals surface area (Å²) in [5, 5.41) is 4.60. The second-order valence-corrected chi connectivity index (χ2v) is 11.2. The Hall–Kier alpha value is -3.44. The average Bonchev–Trinajstić information content (AvgIpc) is 3.40. The van der Waals surface area contributed by atoms with Gasteiger partial charge in [0.25, 0.3) is 0 Å². The summed E-state index contributed by atoms with van der Waals surface area (Å²) in [4.78, 5) is 32.8. The highest BCUT2D eigenvalue weighted by Crippen LogP contribution is 2.38. The van der Waals surface area contributed by atoms with Crippen LogP contribution in [0.15, 0.2) is 60.0 Å². The van der Waals surface area contributed by atoms with E-state index in [0.717, 1.165) is 36.2 Å². The Bertz CT molecular complexity index is 1380. The van der Waals surface area contributed by atoms with E-state index in [1.54, 1.807) is 28.4 Å². The number of anilines is 1. The quantitative estimate of drug-likeness (QED) is 0.380. The summed E-state index contributed by atoms with van der Waals surface area (Å²) in [7, 11) is 0. The van der Waals surface area contributed by atoms with Gasteiger partial charge in [-0.05, 0) is 66.2 Å². The van der Waals surface area contributed by atoms with Crippen molar-refractivity contribution in [2.24, 2.45) is 0 Å². The monoisotopic (exact) mass is 574 g/mol. The molecule has 212 valence electrons. The van der Waals surface area contributed by atoms with Crippen molar-refractivity contribution in [2.45, 2.75) is 38.0 Å². The van der Waals surface area contributed by atoms with Crippen LogP contribution in [0.2, 0.25) is 0 Å². The van der Waals surface area contributed by atoms with Crippen LogP contribution in [-0.2, 0) is 17.4 Å². The molecule has 0 bridgehead atoms. The molecule has 5 rings (SSSR count). The number of alkyl halides is 3. The lowest BCUT2D eigenvalue weighted by atomic mass is 9.93. The lowest BCUT2D eigenvalue weighted by Gasteiger charge is -2.40. The van der Waals surface area contributed by atoms with E-state index < -0.39 is 17.8 Å². The first-order valence-electron chi connectivity index (χ1n) is 13.2. The Morgan fingerprint density at radius 3 is 2.60 bits per heavy atom. The van der Waals surface area contributed by atoms with Crippen LogP contribution >= 0.6 is 11.3 Å². The van der Waals surface area contributed by atoms with Crippen molar-refractivity contribution in [3.05, 3.63) is 87.4 Å². The predicted octanol–water partition coefficient (Wildman–Crippen LogP) is 6.01. The van der Waals surface area contributed by atoms with Crippen LogP contribution in [0.4, 0.5) is 28.0 Å². The summed E-state index contributed by atoms with van der Waals surface area (Å²) in [5.74, 6) is -0.321. The van der Waals surface area contributed by atoms with Gasteiger partial charge in [0.2, 0.25) is 5.91 Å². The zero-order valence-electron chi connectivity index (χ0n) is 22.0. The van der Waals surface area contributed by atoms with E-state index in [1.807, 2.05) is 13.0 Å². The highest BCUT2D eigenvalue weighted by molar-refractivity contribution is 7.10. The summed E-state index contributed by atoms with van der Waals surface area (Å²) < 4.78 is 53.1. The molecule has 3 amide bonds. The Morgan fingerprint density at radius 2 is 1.85 bits per heavy atom. The van der Waals surface area contributed by atoms with E-state index in [1.165, 1.54) is 28.0 Å². The lowest BCUT2D eigenvalue weighted by Crippen LogP contribution is -2.56. The van der Waals surface area contributed by atoms with Crippen molar-refractivity contribution in [1.29, 1.82) is 0 Å². The van der Waals surface area contributed by atoms with Gasteiger partial charge in [-0.15, -0.1) is 11.3 Å². The second-order valence-electron chi connectivity index (χ2n) is 10.2. The third-order valence-corrected chi connectivity index (χ3v) is 8.52. The fraction of sp³-hybridized carbons (Fsp3) is 0.379. The number of urea groups is 1. The summed E-state index contributed by atoms with van der Waals surface area (Å²) in [6.07, 6.45) is -3.34. The molecule has 40 heavy (non-hydrogen) atoms. The average molecular weight is 575 g/mol. The van der Waals surface area contributed by atoms with Crippen LogP contribution in [0.25, 0.3) is 0 Å². The molecule has 2 atom stereocenters.